The summed E-state index contributed by atoms with van der Waals surface area (Å²) in [7, 11) is -9.64. The van der Waals surface area contributed by atoms with Crippen molar-refractivity contribution in [3.05, 3.63) is 58.7 Å². The summed E-state index contributed by atoms with van der Waals surface area (Å²) in [5.74, 6) is -3.23. The van der Waals surface area contributed by atoms with Crippen LogP contribution in [0.2, 0.25) is 0 Å². The zero-order chi connectivity index (χ0) is 33.5. The van der Waals surface area contributed by atoms with Crippen LogP contribution in [-0.2, 0) is 39.2 Å². The maximum Gasteiger partial charge on any atom is 2.00 e. The molecule has 0 saturated carbocycles. The van der Waals surface area contributed by atoms with Gasteiger partial charge in [0.15, 0.2) is 0 Å². The van der Waals surface area contributed by atoms with Gasteiger partial charge in [0.25, 0.3) is 0 Å². The van der Waals surface area contributed by atoms with Crippen LogP contribution in [0.25, 0.3) is 0 Å². The Balaban J connectivity index is 0.000000842. The van der Waals surface area contributed by atoms with E-state index in [1.54, 1.807) is 27.7 Å². The van der Waals surface area contributed by atoms with Gasteiger partial charge in [-0.2, -0.15) is 0 Å². The SMILES string of the molecule is CCCOC(=O)c1cc(C(=O)OCCC)cc(S(=O)(=O)[O-])c1.CCCOC(=O)c1cc(C(=O)OCCC)cc(S(=O)(=O)[O-])c1.[Ba+2]. The second kappa shape index (κ2) is 20.8. The molecule has 17 heteroatoms. The van der Waals surface area contributed by atoms with Crippen LogP contribution in [0.3, 0.4) is 0 Å². The van der Waals surface area contributed by atoms with Gasteiger partial charge < -0.3 is 28.1 Å². The Labute approximate surface area is 302 Å². The fourth-order valence-electron chi connectivity index (χ4n) is 3.07. The largest absolute Gasteiger partial charge is 2.00 e. The van der Waals surface area contributed by atoms with Crippen LogP contribution in [0.5, 0.6) is 0 Å². The Bertz CT molecular complexity index is 1340. The minimum Gasteiger partial charge on any atom is -0.744 e. The molecular formula is C28H34BaO14S2. The standard InChI is InChI=1S/2C14H18O7S.Ba/c2*1-3-5-20-13(15)10-7-11(14(16)21-6-4-2)9-12(8-10)22(17,18)19;/h2*7-9H,3-6H2,1-2H3,(H,17,18,19);/q;;+2/p-2. The van der Waals surface area contributed by atoms with Crippen molar-refractivity contribution in [2.45, 2.75) is 63.2 Å². The van der Waals surface area contributed by atoms with Gasteiger partial charge in [-0.25, -0.2) is 36.0 Å². The predicted octanol–water partition coefficient (Wildman–Crippen LogP) is 3.07. The first-order valence-corrected chi connectivity index (χ1v) is 16.3. The van der Waals surface area contributed by atoms with E-state index in [4.69, 9.17) is 18.9 Å². The van der Waals surface area contributed by atoms with Crippen LogP contribution in [0.1, 0.15) is 94.8 Å². The van der Waals surface area contributed by atoms with E-state index >= 15 is 0 Å². The topological polar surface area (TPSA) is 220 Å². The fraction of sp³-hybridized carbons (Fsp3) is 0.429. The molecule has 0 aliphatic heterocycles. The zero-order valence-corrected chi connectivity index (χ0v) is 31.4. The van der Waals surface area contributed by atoms with E-state index in [1.807, 2.05) is 0 Å². The van der Waals surface area contributed by atoms with E-state index in [0.717, 1.165) is 36.4 Å². The van der Waals surface area contributed by atoms with Crippen molar-refractivity contribution in [2.24, 2.45) is 0 Å². The molecule has 0 spiro atoms. The molecule has 0 aliphatic carbocycles. The molecule has 0 unspecified atom stereocenters. The molecular weight excluding hydrogens is 762 g/mol. The Morgan fingerprint density at radius 3 is 0.844 bits per heavy atom. The van der Waals surface area contributed by atoms with Crippen molar-refractivity contribution >= 4 is 93.0 Å². The Morgan fingerprint density at radius 1 is 0.489 bits per heavy atom. The van der Waals surface area contributed by atoms with E-state index < -0.39 is 53.9 Å². The van der Waals surface area contributed by atoms with Gasteiger partial charge in [0, 0.05) is 0 Å². The predicted molar refractivity (Wildman–Crippen MR) is 157 cm³/mol. The minimum absolute atomic E-state index is 0. The van der Waals surface area contributed by atoms with Gasteiger partial charge >= 0.3 is 72.8 Å². The van der Waals surface area contributed by atoms with Crippen molar-refractivity contribution in [3.8, 4) is 0 Å². The first-order valence-electron chi connectivity index (χ1n) is 13.5. The number of hydrogen-bond acceptors (Lipinski definition) is 14. The van der Waals surface area contributed by atoms with Gasteiger partial charge in [-0.1, -0.05) is 27.7 Å². The van der Waals surface area contributed by atoms with Crippen molar-refractivity contribution in [3.63, 3.8) is 0 Å². The second-order valence-corrected chi connectivity index (χ2v) is 11.7. The molecule has 0 N–H and O–H groups in total. The van der Waals surface area contributed by atoms with Crippen LogP contribution >= 0.6 is 0 Å². The molecule has 0 heterocycles. The van der Waals surface area contributed by atoms with E-state index in [9.17, 15) is 45.1 Å². The number of ether oxygens (including phenoxy) is 4. The summed E-state index contributed by atoms with van der Waals surface area (Å²) in [5.41, 5.74) is -0.745. The number of rotatable bonds is 14. The quantitative estimate of drug-likeness (QED) is 0.116. The Hall–Kier alpha value is -2.29. The molecule has 0 saturated heterocycles. The van der Waals surface area contributed by atoms with Gasteiger partial charge in [-0.15, -0.1) is 0 Å². The summed E-state index contributed by atoms with van der Waals surface area (Å²) in [5, 5.41) is 0. The van der Waals surface area contributed by atoms with Crippen molar-refractivity contribution in [1.29, 1.82) is 0 Å². The van der Waals surface area contributed by atoms with Gasteiger partial charge in [0.05, 0.1) is 58.5 Å². The molecule has 0 fully saturated rings. The molecule has 2 aromatic rings. The van der Waals surface area contributed by atoms with Crippen molar-refractivity contribution in [1.82, 2.24) is 0 Å². The molecule has 2 aromatic carbocycles. The second-order valence-electron chi connectivity index (χ2n) is 8.94. The summed E-state index contributed by atoms with van der Waals surface area (Å²) < 4.78 is 86.4. The average molecular weight is 796 g/mol. The zero-order valence-electron chi connectivity index (χ0n) is 25.4. The van der Waals surface area contributed by atoms with Crippen molar-refractivity contribution in [2.75, 3.05) is 26.4 Å². The molecule has 0 aliphatic rings. The van der Waals surface area contributed by atoms with Crippen LogP contribution in [0.15, 0.2) is 46.2 Å². The number of carbonyl (C=O) groups is 4. The number of benzene rings is 2. The summed E-state index contributed by atoms with van der Waals surface area (Å²) in [6.07, 6.45) is 2.32. The van der Waals surface area contributed by atoms with Crippen LogP contribution in [-0.4, -0.2) is 125 Å². The first-order chi connectivity index (χ1) is 20.6. The molecule has 0 amide bonds. The number of hydrogen-bond donors (Lipinski definition) is 0. The molecule has 45 heavy (non-hydrogen) atoms. The van der Waals surface area contributed by atoms with Gasteiger partial charge in [0.1, 0.15) is 20.2 Å². The maximum atomic E-state index is 11.8. The Kier molecular flexibility index (Phi) is 19.7. The fourth-order valence-corrected chi connectivity index (χ4v) is 4.16. The van der Waals surface area contributed by atoms with Gasteiger partial charge in [0.2, 0.25) is 0 Å². The third-order valence-corrected chi connectivity index (χ3v) is 6.71. The van der Waals surface area contributed by atoms with E-state index in [0.29, 0.717) is 25.7 Å². The smallest absolute Gasteiger partial charge is 0.744 e. The molecule has 0 radical (unpaired) electrons. The molecule has 0 bridgehead atoms. The van der Waals surface area contributed by atoms with E-state index in [2.05, 4.69) is 0 Å². The third-order valence-electron chi connectivity index (χ3n) is 5.08. The molecule has 244 valence electrons. The molecule has 0 atom stereocenters. The van der Waals surface area contributed by atoms with Crippen LogP contribution < -0.4 is 0 Å². The van der Waals surface area contributed by atoms with Crippen LogP contribution in [0, 0.1) is 0 Å². The normalized spacial score (nSPS) is 10.8. The van der Waals surface area contributed by atoms with E-state index in [1.165, 1.54) is 0 Å². The average Bonchev–Trinajstić information content (AvgIpc) is 2.98. The molecule has 2 rings (SSSR count). The summed E-state index contributed by atoms with van der Waals surface area (Å²) in [4.78, 5) is 45.8. The summed E-state index contributed by atoms with van der Waals surface area (Å²) in [6, 6.07) is 5.83. The molecule has 14 nitrogen and oxygen atoms in total. The first kappa shape index (κ1) is 42.7. The Morgan fingerprint density at radius 2 is 0.689 bits per heavy atom. The van der Waals surface area contributed by atoms with Gasteiger partial charge in [-0.05, 0) is 62.1 Å². The molecule has 0 aromatic heterocycles. The number of esters is 4. The van der Waals surface area contributed by atoms with E-state index in [-0.39, 0.29) is 97.6 Å². The maximum absolute atomic E-state index is 11.8. The third kappa shape index (κ3) is 15.2. The summed E-state index contributed by atoms with van der Waals surface area (Å²) in [6.45, 7) is 7.73. The monoisotopic (exact) mass is 796 g/mol. The van der Waals surface area contributed by atoms with Crippen LogP contribution in [0.4, 0.5) is 0 Å². The van der Waals surface area contributed by atoms with Crippen molar-refractivity contribution < 1.29 is 64.1 Å². The van der Waals surface area contributed by atoms with Gasteiger partial charge in [-0.3, -0.25) is 0 Å². The summed E-state index contributed by atoms with van der Waals surface area (Å²) >= 11 is 0. The number of carbonyl (C=O) groups excluding carboxylic acids is 4. The minimum atomic E-state index is -4.82.